The Morgan fingerprint density at radius 2 is 1.20 bits per heavy atom. The molecule has 0 aromatic carbocycles. The smallest absolute Gasteiger partial charge is 0.00515 e. The van der Waals surface area contributed by atoms with Gasteiger partial charge in [-0.15, -0.1) is 23.5 Å². The minimum atomic E-state index is 1.19. The highest BCUT2D eigenvalue weighted by Crippen LogP contribution is 2.25. The molecule has 0 unspecified atom stereocenters. The average Bonchev–Trinajstić information content (AvgIpc) is 1.89. The summed E-state index contributed by atoms with van der Waals surface area (Å²) in [5.41, 5.74) is 0. The monoisotopic (exact) mass is 176 g/mol. The summed E-state index contributed by atoms with van der Waals surface area (Å²) in [4.78, 5) is 2.96. The molecule has 0 aliphatic heterocycles. The molecule has 0 aliphatic rings. The fraction of sp³-hybridized carbons (Fsp3) is 0.750. The van der Waals surface area contributed by atoms with Crippen LogP contribution in [0.5, 0.6) is 0 Å². The maximum absolute atomic E-state index is 2.20. The number of hydrogen-bond acceptors (Lipinski definition) is 2. The highest BCUT2D eigenvalue weighted by atomic mass is 32.2. The number of hydrogen-bond donors (Lipinski definition) is 0. The second-order valence-corrected chi connectivity index (χ2v) is 4.94. The zero-order valence-corrected chi connectivity index (χ0v) is 8.86. The van der Waals surface area contributed by atoms with E-state index in [1.807, 2.05) is 23.5 Å². The van der Waals surface area contributed by atoms with Crippen LogP contribution in [-0.2, 0) is 0 Å². The first-order chi connectivity index (χ1) is 4.72. The van der Waals surface area contributed by atoms with E-state index >= 15 is 0 Å². The van der Waals surface area contributed by atoms with Gasteiger partial charge in [0.05, 0.1) is 0 Å². The van der Waals surface area contributed by atoms with Crippen LogP contribution in [0.25, 0.3) is 0 Å². The summed E-state index contributed by atoms with van der Waals surface area (Å²) in [5.74, 6) is 2.38. The van der Waals surface area contributed by atoms with Crippen LogP contribution in [0, 0.1) is 0 Å². The fourth-order valence-corrected chi connectivity index (χ4v) is 2.26. The van der Waals surface area contributed by atoms with Crippen LogP contribution >= 0.6 is 23.5 Å². The molecule has 0 heterocycles. The Morgan fingerprint density at radius 1 is 0.900 bits per heavy atom. The lowest BCUT2D eigenvalue weighted by Crippen LogP contribution is -1.76. The summed E-state index contributed by atoms with van der Waals surface area (Å²) < 4.78 is 0. The molecule has 0 fully saturated rings. The van der Waals surface area contributed by atoms with Crippen molar-refractivity contribution in [3.05, 3.63) is 9.81 Å². The Bertz CT molecular complexity index is 102. The molecule has 0 atom stereocenters. The second kappa shape index (κ2) is 6.17. The van der Waals surface area contributed by atoms with Gasteiger partial charge in [0, 0.05) is 0 Å². The van der Waals surface area contributed by atoms with E-state index in [-0.39, 0.29) is 0 Å². The van der Waals surface area contributed by atoms with Gasteiger partial charge in [-0.3, -0.25) is 0 Å². The van der Waals surface area contributed by atoms with Crippen molar-refractivity contribution in [3.8, 4) is 0 Å². The average molecular weight is 176 g/mol. The molecule has 0 amide bonds. The van der Waals surface area contributed by atoms with E-state index in [1.54, 1.807) is 0 Å². The number of thioether (sulfide) groups is 2. The molecule has 0 bridgehead atoms. The molecule has 60 valence electrons. The standard InChI is InChI=1S/C8H16S2/c1-5-9-7(3)8(4)10-6-2/h5-6H2,1-4H3. The van der Waals surface area contributed by atoms with Crippen molar-refractivity contribution in [2.75, 3.05) is 11.5 Å². The van der Waals surface area contributed by atoms with Crippen LogP contribution in [0.4, 0.5) is 0 Å². The molecule has 0 radical (unpaired) electrons. The topological polar surface area (TPSA) is 0 Å². The normalized spacial score (nSPS) is 13.2. The number of rotatable bonds is 4. The lowest BCUT2D eigenvalue weighted by Gasteiger charge is -2.03. The van der Waals surface area contributed by atoms with Gasteiger partial charge in [0.1, 0.15) is 0 Å². The molecular weight excluding hydrogens is 160 g/mol. The molecule has 0 aliphatic carbocycles. The third kappa shape index (κ3) is 4.29. The Morgan fingerprint density at radius 3 is 1.40 bits per heavy atom. The van der Waals surface area contributed by atoms with Gasteiger partial charge in [0.25, 0.3) is 0 Å². The van der Waals surface area contributed by atoms with Gasteiger partial charge in [-0.25, -0.2) is 0 Å². The Hall–Kier alpha value is 0.440. The molecule has 0 aromatic rings. The summed E-state index contributed by atoms with van der Waals surface area (Å²) >= 11 is 3.88. The van der Waals surface area contributed by atoms with E-state index in [1.165, 1.54) is 21.3 Å². The van der Waals surface area contributed by atoms with E-state index < -0.39 is 0 Å². The molecule has 10 heavy (non-hydrogen) atoms. The van der Waals surface area contributed by atoms with Gasteiger partial charge < -0.3 is 0 Å². The minimum absolute atomic E-state index is 1.19. The van der Waals surface area contributed by atoms with Crippen molar-refractivity contribution in [2.45, 2.75) is 27.7 Å². The molecule has 0 nitrogen and oxygen atoms in total. The molecule has 0 saturated heterocycles. The van der Waals surface area contributed by atoms with Crippen LogP contribution < -0.4 is 0 Å². The Labute approximate surface area is 72.9 Å². The summed E-state index contributed by atoms with van der Waals surface area (Å²) in [6, 6.07) is 0. The fourth-order valence-electron chi connectivity index (χ4n) is 0.636. The lowest BCUT2D eigenvalue weighted by atomic mass is 10.6. The summed E-state index contributed by atoms with van der Waals surface area (Å²) in [5, 5.41) is 0. The van der Waals surface area contributed by atoms with E-state index in [0.717, 1.165) is 0 Å². The molecular formula is C8H16S2. The maximum Gasteiger partial charge on any atom is -0.00515 e. The van der Waals surface area contributed by atoms with Crippen LogP contribution in [-0.4, -0.2) is 11.5 Å². The third-order valence-electron chi connectivity index (χ3n) is 1.22. The molecule has 2 heteroatoms. The van der Waals surface area contributed by atoms with Crippen molar-refractivity contribution in [2.24, 2.45) is 0 Å². The second-order valence-electron chi connectivity index (χ2n) is 1.98. The molecule has 0 spiro atoms. The van der Waals surface area contributed by atoms with Gasteiger partial charge in [-0.1, -0.05) is 13.8 Å². The first-order valence-corrected chi connectivity index (χ1v) is 5.62. The van der Waals surface area contributed by atoms with Crippen molar-refractivity contribution >= 4 is 23.5 Å². The highest BCUT2D eigenvalue weighted by molar-refractivity contribution is 8.06. The summed E-state index contributed by atoms with van der Waals surface area (Å²) in [6.45, 7) is 8.79. The van der Waals surface area contributed by atoms with Gasteiger partial charge in [0.15, 0.2) is 0 Å². The van der Waals surface area contributed by atoms with Crippen molar-refractivity contribution < 1.29 is 0 Å². The molecule has 0 rings (SSSR count). The van der Waals surface area contributed by atoms with Crippen LogP contribution in [0.15, 0.2) is 9.81 Å². The molecule has 0 aromatic heterocycles. The lowest BCUT2D eigenvalue weighted by molar-refractivity contribution is 1.48. The van der Waals surface area contributed by atoms with Crippen LogP contribution in [0.1, 0.15) is 27.7 Å². The SMILES string of the molecule is CCSC(C)=C(C)SCC. The van der Waals surface area contributed by atoms with Gasteiger partial charge in [-0.05, 0) is 35.2 Å². The first kappa shape index (κ1) is 10.4. The largest absolute Gasteiger partial charge is 0.130 e. The zero-order valence-electron chi connectivity index (χ0n) is 7.23. The van der Waals surface area contributed by atoms with E-state index in [9.17, 15) is 0 Å². The number of allylic oxidation sites excluding steroid dienone is 2. The molecule has 0 saturated carbocycles. The van der Waals surface area contributed by atoms with Crippen LogP contribution in [0.3, 0.4) is 0 Å². The van der Waals surface area contributed by atoms with Gasteiger partial charge in [-0.2, -0.15) is 0 Å². The van der Waals surface area contributed by atoms with Crippen molar-refractivity contribution in [1.29, 1.82) is 0 Å². The Balaban J connectivity index is 3.79. The highest BCUT2D eigenvalue weighted by Gasteiger charge is 1.94. The predicted molar refractivity (Wildman–Crippen MR) is 54.6 cm³/mol. The zero-order chi connectivity index (χ0) is 7.98. The van der Waals surface area contributed by atoms with Gasteiger partial charge >= 0.3 is 0 Å². The summed E-state index contributed by atoms with van der Waals surface area (Å²) in [6.07, 6.45) is 0. The van der Waals surface area contributed by atoms with Gasteiger partial charge in [0.2, 0.25) is 0 Å². The van der Waals surface area contributed by atoms with Crippen molar-refractivity contribution in [1.82, 2.24) is 0 Å². The maximum atomic E-state index is 2.20. The Kier molecular flexibility index (Phi) is 6.44. The van der Waals surface area contributed by atoms with E-state index in [4.69, 9.17) is 0 Å². The quantitative estimate of drug-likeness (QED) is 0.640. The predicted octanol–water partition coefficient (Wildman–Crippen LogP) is 3.74. The first-order valence-electron chi connectivity index (χ1n) is 3.65. The third-order valence-corrected chi connectivity index (χ3v) is 3.40. The molecule has 0 N–H and O–H groups in total. The summed E-state index contributed by atoms with van der Waals surface area (Å²) in [7, 11) is 0. The minimum Gasteiger partial charge on any atom is -0.130 e. The van der Waals surface area contributed by atoms with Crippen LogP contribution in [0.2, 0.25) is 0 Å². The van der Waals surface area contributed by atoms with E-state index in [2.05, 4.69) is 27.7 Å². The van der Waals surface area contributed by atoms with Crippen molar-refractivity contribution in [3.63, 3.8) is 0 Å². The van der Waals surface area contributed by atoms with E-state index in [0.29, 0.717) is 0 Å².